The van der Waals surface area contributed by atoms with Gasteiger partial charge < -0.3 is 10.4 Å². The van der Waals surface area contributed by atoms with Gasteiger partial charge in [0.05, 0.1) is 16.2 Å². The van der Waals surface area contributed by atoms with Gasteiger partial charge >= 0.3 is 5.97 Å². The van der Waals surface area contributed by atoms with Crippen molar-refractivity contribution in [1.29, 1.82) is 0 Å². The third-order valence-corrected chi connectivity index (χ3v) is 3.34. The number of carboxylic acid groups (broad SMARTS) is 1. The number of carboxylic acids is 1. The van der Waals surface area contributed by atoms with E-state index in [9.17, 15) is 19.7 Å². The molecule has 1 aromatic rings. The molecule has 1 unspecified atom stereocenters. The first-order valence-electron chi connectivity index (χ1n) is 6.46. The highest BCUT2D eigenvalue weighted by Gasteiger charge is 2.22. The van der Waals surface area contributed by atoms with Crippen LogP contribution in [0, 0.1) is 16.0 Å². The molecular formula is C14H14N2O5. The molecule has 0 spiro atoms. The van der Waals surface area contributed by atoms with Crippen LogP contribution in [0.2, 0.25) is 0 Å². The van der Waals surface area contributed by atoms with Crippen molar-refractivity contribution in [3.8, 4) is 0 Å². The molecule has 0 aromatic heterocycles. The smallest absolute Gasteiger partial charge is 0.337 e. The highest BCUT2D eigenvalue weighted by molar-refractivity contribution is 6.01. The van der Waals surface area contributed by atoms with Gasteiger partial charge in [-0.25, -0.2) is 4.79 Å². The summed E-state index contributed by atoms with van der Waals surface area (Å²) < 4.78 is 0. The van der Waals surface area contributed by atoms with Crippen LogP contribution < -0.4 is 5.32 Å². The molecule has 0 fully saturated rings. The van der Waals surface area contributed by atoms with Crippen LogP contribution in [0.4, 0.5) is 11.4 Å². The van der Waals surface area contributed by atoms with Gasteiger partial charge in [-0.3, -0.25) is 14.9 Å². The zero-order chi connectivity index (χ0) is 15.4. The van der Waals surface area contributed by atoms with Gasteiger partial charge in [-0.2, -0.15) is 0 Å². The number of hydrogen-bond acceptors (Lipinski definition) is 4. The molecular weight excluding hydrogens is 276 g/mol. The van der Waals surface area contributed by atoms with Crippen LogP contribution in [0.25, 0.3) is 0 Å². The van der Waals surface area contributed by atoms with Crippen LogP contribution in [-0.2, 0) is 4.79 Å². The highest BCUT2D eigenvalue weighted by Crippen LogP contribution is 2.25. The summed E-state index contributed by atoms with van der Waals surface area (Å²) in [5.41, 5.74) is -0.476. The molecule has 0 radical (unpaired) electrons. The topological polar surface area (TPSA) is 110 Å². The molecule has 7 nitrogen and oxygen atoms in total. The zero-order valence-corrected chi connectivity index (χ0v) is 11.1. The Kier molecular flexibility index (Phi) is 4.32. The van der Waals surface area contributed by atoms with E-state index in [1.807, 2.05) is 12.2 Å². The molecule has 0 saturated carbocycles. The van der Waals surface area contributed by atoms with E-state index in [2.05, 4.69) is 5.32 Å². The van der Waals surface area contributed by atoms with Gasteiger partial charge in [0.2, 0.25) is 5.91 Å². The molecule has 0 aliphatic heterocycles. The first kappa shape index (κ1) is 14.7. The van der Waals surface area contributed by atoms with Crippen molar-refractivity contribution < 1.29 is 19.6 Å². The molecule has 0 bridgehead atoms. The number of nitro groups is 1. The molecule has 2 rings (SSSR count). The molecule has 1 atom stereocenters. The predicted molar refractivity (Wildman–Crippen MR) is 75.2 cm³/mol. The second-order valence-corrected chi connectivity index (χ2v) is 4.76. The van der Waals surface area contributed by atoms with E-state index in [1.165, 1.54) is 0 Å². The number of benzene rings is 1. The number of carbonyl (C=O) groups excluding carboxylic acids is 1. The van der Waals surface area contributed by atoms with Crippen LogP contribution in [0.5, 0.6) is 0 Å². The summed E-state index contributed by atoms with van der Waals surface area (Å²) in [4.78, 5) is 33.4. The van der Waals surface area contributed by atoms with Crippen LogP contribution in [0.3, 0.4) is 0 Å². The summed E-state index contributed by atoms with van der Waals surface area (Å²) in [7, 11) is 0. The summed E-state index contributed by atoms with van der Waals surface area (Å²) >= 11 is 0. The lowest BCUT2D eigenvalue weighted by Gasteiger charge is -2.17. The molecule has 1 aromatic carbocycles. The minimum atomic E-state index is -1.25. The Morgan fingerprint density at radius 2 is 2.10 bits per heavy atom. The summed E-state index contributed by atoms with van der Waals surface area (Å²) in [6, 6.07) is 3.29. The van der Waals surface area contributed by atoms with Crippen molar-refractivity contribution in [3.05, 3.63) is 46.0 Å². The Labute approximate surface area is 120 Å². The zero-order valence-electron chi connectivity index (χ0n) is 11.1. The Balaban J connectivity index is 2.26. The van der Waals surface area contributed by atoms with Gasteiger partial charge in [0.15, 0.2) is 0 Å². The van der Waals surface area contributed by atoms with Crippen LogP contribution in [-0.4, -0.2) is 21.9 Å². The largest absolute Gasteiger partial charge is 0.478 e. The van der Waals surface area contributed by atoms with Gasteiger partial charge in [0.25, 0.3) is 5.69 Å². The molecule has 2 N–H and O–H groups in total. The fourth-order valence-electron chi connectivity index (χ4n) is 2.20. The third kappa shape index (κ3) is 3.44. The quantitative estimate of drug-likeness (QED) is 0.503. The first-order valence-corrected chi connectivity index (χ1v) is 6.46. The second kappa shape index (κ2) is 6.17. The Hall–Kier alpha value is -2.70. The normalized spacial score (nSPS) is 17.2. The molecule has 1 amide bonds. The summed E-state index contributed by atoms with van der Waals surface area (Å²) in [5, 5.41) is 22.3. The van der Waals surface area contributed by atoms with Crippen molar-refractivity contribution in [2.45, 2.75) is 19.3 Å². The second-order valence-electron chi connectivity index (χ2n) is 4.76. The van der Waals surface area contributed by atoms with Gasteiger partial charge in [-0.1, -0.05) is 12.2 Å². The van der Waals surface area contributed by atoms with Gasteiger partial charge in [-0.15, -0.1) is 0 Å². The molecule has 110 valence electrons. The lowest BCUT2D eigenvalue weighted by molar-refractivity contribution is -0.384. The van der Waals surface area contributed by atoms with E-state index < -0.39 is 10.9 Å². The number of carbonyl (C=O) groups is 2. The van der Waals surface area contributed by atoms with Crippen LogP contribution >= 0.6 is 0 Å². The minimum Gasteiger partial charge on any atom is -0.478 e. The maximum atomic E-state index is 12.1. The first-order chi connectivity index (χ1) is 9.99. The summed E-state index contributed by atoms with van der Waals surface area (Å²) in [6.07, 6.45) is 5.95. The van der Waals surface area contributed by atoms with E-state index in [0.29, 0.717) is 12.8 Å². The van der Waals surface area contributed by atoms with Crippen molar-refractivity contribution in [2.75, 3.05) is 5.32 Å². The number of nitrogens with zero attached hydrogens (tertiary/aromatic N) is 1. The highest BCUT2D eigenvalue weighted by atomic mass is 16.6. The Morgan fingerprint density at radius 1 is 1.33 bits per heavy atom. The number of non-ortho nitro benzene ring substituents is 1. The number of aromatic carboxylic acids is 1. The lowest BCUT2D eigenvalue weighted by atomic mass is 9.93. The van der Waals surface area contributed by atoms with E-state index in [1.54, 1.807) is 0 Å². The van der Waals surface area contributed by atoms with E-state index in [0.717, 1.165) is 24.6 Å². The van der Waals surface area contributed by atoms with Gasteiger partial charge in [-0.05, 0) is 25.3 Å². The summed E-state index contributed by atoms with van der Waals surface area (Å²) in [5.74, 6) is -1.80. The number of nitrogens with one attached hydrogen (secondary N) is 1. The molecule has 1 aliphatic carbocycles. The van der Waals surface area contributed by atoms with Crippen molar-refractivity contribution in [3.63, 3.8) is 0 Å². The predicted octanol–water partition coefficient (Wildman–Crippen LogP) is 2.59. The third-order valence-electron chi connectivity index (χ3n) is 3.34. The van der Waals surface area contributed by atoms with Crippen molar-refractivity contribution >= 4 is 23.3 Å². The number of hydrogen-bond donors (Lipinski definition) is 2. The molecule has 7 heteroatoms. The van der Waals surface area contributed by atoms with Crippen LogP contribution in [0.15, 0.2) is 30.4 Å². The lowest BCUT2D eigenvalue weighted by Crippen LogP contribution is -2.24. The number of allylic oxidation sites excluding steroid dienone is 2. The van der Waals surface area contributed by atoms with Crippen molar-refractivity contribution in [2.24, 2.45) is 5.92 Å². The number of rotatable bonds is 4. The van der Waals surface area contributed by atoms with Crippen LogP contribution in [0.1, 0.15) is 29.6 Å². The van der Waals surface area contributed by atoms with E-state index in [4.69, 9.17) is 5.11 Å². The van der Waals surface area contributed by atoms with Crippen molar-refractivity contribution in [1.82, 2.24) is 0 Å². The molecule has 0 heterocycles. The van der Waals surface area contributed by atoms with Gasteiger partial charge in [0.1, 0.15) is 0 Å². The standard InChI is InChI=1S/C14H14N2O5/c17-13(9-4-2-1-3-5-9)15-12-8-10(16(20)21)6-7-11(12)14(18)19/h1-2,6-9H,3-5H2,(H,15,17)(H,18,19). The number of nitro benzene ring substituents is 1. The fourth-order valence-corrected chi connectivity index (χ4v) is 2.20. The maximum Gasteiger partial charge on any atom is 0.337 e. The average molecular weight is 290 g/mol. The van der Waals surface area contributed by atoms with E-state index >= 15 is 0 Å². The van der Waals surface area contributed by atoms with E-state index in [-0.39, 0.29) is 28.8 Å². The molecule has 0 saturated heterocycles. The summed E-state index contributed by atoms with van der Waals surface area (Å²) in [6.45, 7) is 0. The Bertz CT molecular complexity index is 624. The number of amides is 1. The average Bonchev–Trinajstić information content (AvgIpc) is 2.47. The molecule has 1 aliphatic rings. The van der Waals surface area contributed by atoms with Gasteiger partial charge in [0, 0.05) is 18.1 Å². The SMILES string of the molecule is O=C(O)c1ccc([N+](=O)[O-])cc1NC(=O)C1CC=CCC1. The number of anilines is 1. The molecule has 21 heavy (non-hydrogen) atoms. The minimum absolute atomic E-state index is 0.0451. The maximum absolute atomic E-state index is 12.1. The Morgan fingerprint density at radius 3 is 2.67 bits per heavy atom. The monoisotopic (exact) mass is 290 g/mol. The fraction of sp³-hybridized carbons (Fsp3) is 0.286.